The Balaban J connectivity index is 2.87. The van der Waals surface area contributed by atoms with Gasteiger partial charge in [0.2, 0.25) is 0 Å². The summed E-state index contributed by atoms with van der Waals surface area (Å²) in [5, 5.41) is 11.6. The van der Waals surface area contributed by atoms with Gasteiger partial charge in [0, 0.05) is 4.47 Å². The van der Waals surface area contributed by atoms with Crippen LogP contribution < -0.4 is 5.32 Å². The van der Waals surface area contributed by atoms with E-state index < -0.39 is 6.04 Å². The third-order valence-corrected chi connectivity index (χ3v) is 3.12. The molecule has 1 aromatic carbocycles. The standard InChI is InChI=1S/C13H15BrN2O/c1-8(2)12(7-15)16-13(17)10-5-4-9(3)6-11(10)14/h4-6,8,12H,1-3H3,(H,16,17). The van der Waals surface area contributed by atoms with E-state index in [9.17, 15) is 4.79 Å². The molecule has 0 radical (unpaired) electrons. The Morgan fingerprint density at radius 3 is 2.59 bits per heavy atom. The fraction of sp³-hybridized carbons (Fsp3) is 0.385. The summed E-state index contributed by atoms with van der Waals surface area (Å²) in [6, 6.07) is 7.13. The Morgan fingerprint density at radius 1 is 1.47 bits per heavy atom. The monoisotopic (exact) mass is 294 g/mol. The largest absolute Gasteiger partial charge is 0.336 e. The van der Waals surface area contributed by atoms with Crippen molar-refractivity contribution in [3.05, 3.63) is 33.8 Å². The first-order chi connectivity index (χ1) is 7.95. The number of benzene rings is 1. The lowest BCUT2D eigenvalue weighted by Gasteiger charge is -2.15. The third-order valence-electron chi connectivity index (χ3n) is 2.46. The molecule has 1 N–H and O–H groups in total. The van der Waals surface area contributed by atoms with E-state index in [1.54, 1.807) is 6.07 Å². The molecule has 0 bridgehead atoms. The zero-order valence-electron chi connectivity index (χ0n) is 10.1. The summed E-state index contributed by atoms with van der Waals surface area (Å²) in [5.74, 6) is -0.134. The van der Waals surface area contributed by atoms with Crippen LogP contribution in [0.15, 0.2) is 22.7 Å². The first-order valence-corrected chi connectivity index (χ1v) is 6.21. The van der Waals surface area contributed by atoms with Crippen LogP contribution in [0.2, 0.25) is 0 Å². The van der Waals surface area contributed by atoms with Crippen molar-refractivity contribution in [2.45, 2.75) is 26.8 Å². The van der Waals surface area contributed by atoms with E-state index in [1.807, 2.05) is 32.9 Å². The molecule has 0 aromatic heterocycles. The minimum absolute atomic E-state index is 0.0909. The number of nitrogens with zero attached hydrogens (tertiary/aromatic N) is 1. The van der Waals surface area contributed by atoms with Crippen LogP contribution in [0.3, 0.4) is 0 Å². The summed E-state index contributed by atoms with van der Waals surface area (Å²) < 4.78 is 0.746. The smallest absolute Gasteiger partial charge is 0.253 e. The molecule has 1 aromatic rings. The van der Waals surface area contributed by atoms with Gasteiger partial charge in [0.1, 0.15) is 6.04 Å². The molecule has 1 atom stereocenters. The van der Waals surface area contributed by atoms with Crippen molar-refractivity contribution in [3.8, 4) is 6.07 Å². The lowest BCUT2D eigenvalue weighted by Crippen LogP contribution is -2.37. The van der Waals surface area contributed by atoms with Crippen molar-refractivity contribution in [1.29, 1.82) is 5.26 Å². The van der Waals surface area contributed by atoms with Crippen LogP contribution in [0.25, 0.3) is 0 Å². The minimum atomic E-state index is -0.462. The van der Waals surface area contributed by atoms with Gasteiger partial charge >= 0.3 is 0 Å². The Bertz CT molecular complexity index is 463. The molecule has 0 heterocycles. The van der Waals surface area contributed by atoms with Crippen LogP contribution in [0.5, 0.6) is 0 Å². The zero-order chi connectivity index (χ0) is 13.0. The molecular weight excluding hydrogens is 280 g/mol. The molecule has 0 aliphatic rings. The maximum atomic E-state index is 12.0. The van der Waals surface area contributed by atoms with Gasteiger partial charge in [0.25, 0.3) is 5.91 Å². The molecular formula is C13H15BrN2O. The summed E-state index contributed by atoms with van der Waals surface area (Å²) in [4.78, 5) is 12.0. The van der Waals surface area contributed by atoms with Gasteiger partial charge in [-0.3, -0.25) is 4.79 Å². The Kier molecular flexibility index (Phi) is 4.71. The average Bonchev–Trinajstić information content (AvgIpc) is 2.24. The summed E-state index contributed by atoms with van der Waals surface area (Å²) in [7, 11) is 0. The first-order valence-electron chi connectivity index (χ1n) is 5.42. The van der Waals surface area contributed by atoms with Crippen LogP contribution in [-0.4, -0.2) is 11.9 Å². The Hall–Kier alpha value is -1.34. The molecule has 1 rings (SSSR count). The number of nitriles is 1. The van der Waals surface area contributed by atoms with Crippen LogP contribution in [0.1, 0.15) is 29.8 Å². The van der Waals surface area contributed by atoms with Gasteiger partial charge in [-0.25, -0.2) is 0 Å². The third kappa shape index (κ3) is 3.57. The number of amides is 1. The van der Waals surface area contributed by atoms with Crippen molar-refractivity contribution in [1.82, 2.24) is 5.32 Å². The van der Waals surface area contributed by atoms with E-state index in [4.69, 9.17) is 5.26 Å². The van der Waals surface area contributed by atoms with E-state index in [1.165, 1.54) is 0 Å². The lowest BCUT2D eigenvalue weighted by atomic mass is 10.1. The normalized spacial score (nSPS) is 12.0. The van der Waals surface area contributed by atoms with Crippen LogP contribution in [-0.2, 0) is 0 Å². The lowest BCUT2D eigenvalue weighted by molar-refractivity contribution is 0.0937. The Labute approximate surface area is 110 Å². The minimum Gasteiger partial charge on any atom is -0.336 e. The number of rotatable bonds is 3. The second-order valence-electron chi connectivity index (χ2n) is 4.31. The van der Waals surface area contributed by atoms with Gasteiger partial charge in [-0.1, -0.05) is 19.9 Å². The number of aryl methyl sites for hydroxylation is 1. The number of nitrogens with one attached hydrogen (secondary N) is 1. The number of hydrogen-bond acceptors (Lipinski definition) is 2. The van der Waals surface area contributed by atoms with Gasteiger partial charge in [-0.2, -0.15) is 5.26 Å². The van der Waals surface area contributed by atoms with Gasteiger partial charge in [-0.15, -0.1) is 0 Å². The Morgan fingerprint density at radius 2 is 2.12 bits per heavy atom. The SMILES string of the molecule is Cc1ccc(C(=O)NC(C#N)C(C)C)c(Br)c1. The number of halogens is 1. The summed E-state index contributed by atoms with van der Waals surface area (Å²) in [6.45, 7) is 5.76. The molecule has 4 heteroatoms. The summed E-state index contributed by atoms with van der Waals surface area (Å²) in [6.07, 6.45) is 0. The highest BCUT2D eigenvalue weighted by Crippen LogP contribution is 2.18. The summed E-state index contributed by atoms with van der Waals surface area (Å²) >= 11 is 3.35. The molecule has 17 heavy (non-hydrogen) atoms. The highest BCUT2D eigenvalue weighted by atomic mass is 79.9. The predicted molar refractivity (Wildman–Crippen MR) is 70.6 cm³/mol. The molecule has 1 amide bonds. The van der Waals surface area contributed by atoms with Gasteiger partial charge in [0.15, 0.2) is 0 Å². The molecule has 0 fully saturated rings. The van der Waals surface area contributed by atoms with Gasteiger partial charge < -0.3 is 5.32 Å². The van der Waals surface area contributed by atoms with Gasteiger partial charge in [-0.05, 0) is 46.5 Å². The number of carbonyl (C=O) groups excluding carboxylic acids is 1. The predicted octanol–water partition coefficient (Wildman–Crippen LogP) is 3.04. The van der Waals surface area contributed by atoms with Crippen LogP contribution in [0, 0.1) is 24.2 Å². The fourth-order valence-electron chi connectivity index (χ4n) is 1.37. The molecule has 0 saturated carbocycles. The average molecular weight is 295 g/mol. The molecule has 0 spiro atoms. The summed E-state index contributed by atoms with van der Waals surface area (Å²) in [5.41, 5.74) is 1.63. The van der Waals surface area contributed by atoms with E-state index in [0.29, 0.717) is 5.56 Å². The van der Waals surface area contributed by atoms with Crippen molar-refractivity contribution < 1.29 is 4.79 Å². The highest BCUT2D eigenvalue weighted by molar-refractivity contribution is 9.10. The fourth-order valence-corrected chi connectivity index (χ4v) is 2.04. The highest BCUT2D eigenvalue weighted by Gasteiger charge is 2.17. The molecule has 1 unspecified atom stereocenters. The topological polar surface area (TPSA) is 52.9 Å². The van der Waals surface area contributed by atoms with Crippen molar-refractivity contribution in [3.63, 3.8) is 0 Å². The maximum absolute atomic E-state index is 12.0. The van der Waals surface area contributed by atoms with Gasteiger partial charge in [0.05, 0.1) is 11.6 Å². The molecule has 0 aliphatic heterocycles. The molecule has 0 saturated heterocycles. The van der Waals surface area contributed by atoms with E-state index in [2.05, 4.69) is 27.3 Å². The van der Waals surface area contributed by atoms with Crippen molar-refractivity contribution >= 4 is 21.8 Å². The second-order valence-corrected chi connectivity index (χ2v) is 5.16. The zero-order valence-corrected chi connectivity index (χ0v) is 11.7. The second kappa shape index (κ2) is 5.83. The molecule has 3 nitrogen and oxygen atoms in total. The maximum Gasteiger partial charge on any atom is 0.253 e. The van der Waals surface area contributed by atoms with Crippen molar-refractivity contribution in [2.24, 2.45) is 5.92 Å². The van der Waals surface area contributed by atoms with E-state index in [0.717, 1.165) is 10.0 Å². The number of carbonyl (C=O) groups is 1. The molecule has 0 aliphatic carbocycles. The van der Waals surface area contributed by atoms with Crippen LogP contribution in [0.4, 0.5) is 0 Å². The van der Waals surface area contributed by atoms with E-state index >= 15 is 0 Å². The quantitative estimate of drug-likeness (QED) is 0.931. The van der Waals surface area contributed by atoms with Crippen LogP contribution >= 0.6 is 15.9 Å². The van der Waals surface area contributed by atoms with Crippen molar-refractivity contribution in [2.75, 3.05) is 0 Å². The molecule has 90 valence electrons. The number of hydrogen-bond donors (Lipinski definition) is 1. The first kappa shape index (κ1) is 13.7. The van der Waals surface area contributed by atoms with E-state index in [-0.39, 0.29) is 11.8 Å².